The second-order valence-electron chi connectivity index (χ2n) is 7.28. The Bertz CT molecular complexity index is 598. The maximum atomic E-state index is 12.4. The van der Waals surface area contributed by atoms with Crippen LogP contribution in [0.25, 0.3) is 0 Å². The van der Waals surface area contributed by atoms with Gasteiger partial charge in [0, 0.05) is 30.3 Å². The predicted octanol–water partition coefficient (Wildman–Crippen LogP) is 1.74. The molecule has 2 amide bonds. The van der Waals surface area contributed by atoms with E-state index in [1.807, 2.05) is 0 Å². The van der Waals surface area contributed by atoms with Crippen molar-refractivity contribution in [1.29, 1.82) is 0 Å². The van der Waals surface area contributed by atoms with E-state index in [1.165, 1.54) is 12.4 Å². The number of hydrogen-bond acceptors (Lipinski definition) is 5. The molecule has 0 saturated heterocycles. The predicted molar refractivity (Wildman–Crippen MR) is 90.4 cm³/mol. The maximum absolute atomic E-state index is 12.4. The van der Waals surface area contributed by atoms with Crippen LogP contribution >= 0.6 is 0 Å². The molecule has 24 heavy (non-hydrogen) atoms. The first-order chi connectivity index (χ1) is 11.3. The van der Waals surface area contributed by atoms with Gasteiger partial charge in [0.25, 0.3) is 5.91 Å². The first-order valence-electron chi connectivity index (χ1n) is 8.38. The summed E-state index contributed by atoms with van der Waals surface area (Å²) < 4.78 is 0. The zero-order chi connectivity index (χ0) is 17.7. The normalized spacial score (nSPS) is 21.2. The number of nitrogens with one attached hydrogen (secondary N) is 2. The molecule has 1 fully saturated rings. The van der Waals surface area contributed by atoms with E-state index in [9.17, 15) is 14.7 Å². The summed E-state index contributed by atoms with van der Waals surface area (Å²) in [4.78, 5) is 32.6. The van der Waals surface area contributed by atoms with Gasteiger partial charge in [-0.2, -0.15) is 0 Å². The molecule has 1 aliphatic carbocycles. The lowest BCUT2D eigenvalue weighted by molar-refractivity contribution is -0.123. The van der Waals surface area contributed by atoms with Crippen molar-refractivity contribution >= 4 is 17.6 Å². The number of anilines is 1. The Balaban J connectivity index is 2.02. The second-order valence-corrected chi connectivity index (χ2v) is 7.28. The summed E-state index contributed by atoms with van der Waals surface area (Å²) in [7, 11) is 0. The Morgan fingerprint density at radius 2 is 1.88 bits per heavy atom. The van der Waals surface area contributed by atoms with Gasteiger partial charge in [0.05, 0.1) is 6.10 Å². The van der Waals surface area contributed by atoms with E-state index < -0.39 is 11.3 Å². The van der Waals surface area contributed by atoms with Crippen molar-refractivity contribution in [3.8, 4) is 0 Å². The molecule has 0 bridgehead atoms. The van der Waals surface area contributed by atoms with Gasteiger partial charge in [-0.25, -0.2) is 9.97 Å². The Hall–Kier alpha value is -2.02. The van der Waals surface area contributed by atoms with Crippen molar-refractivity contribution < 1.29 is 14.7 Å². The van der Waals surface area contributed by atoms with E-state index in [0.29, 0.717) is 6.54 Å². The minimum absolute atomic E-state index is 0.0620. The molecule has 0 aromatic carbocycles. The van der Waals surface area contributed by atoms with Crippen molar-refractivity contribution in [3.63, 3.8) is 0 Å². The van der Waals surface area contributed by atoms with Gasteiger partial charge >= 0.3 is 0 Å². The van der Waals surface area contributed by atoms with Gasteiger partial charge in [-0.1, -0.05) is 33.6 Å². The van der Waals surface area contributed by atoms with Crippen LogP contribution in [0, 0.1) is 11.3 Å². The lowest BCUT2D eigenvalue weighted by atomic mass is 9.86. The van der Waals surface area contributed by atoms with E-state index in [-0.39, 0.29) is 29.4 Å². The molecule has 3 N–H and O–H groups in total. The first-order valence-corrected chi connectivity index (χ1v) is 8.38. The number of carbonyl (C=O) groups excluding carboxylic acids is 2. The highest BCUT2D eigenvalue weighted by atomic mass is 16.3. The second kappa shape index (κ2) is 7.70. The highest BCUT2D eigenvalue weighted by Gasteiger charge is 2.26. The summed E-state index contributed by atoms with van der Waals surface area (Å²) in [6.45, 7) is 5.73. The molecule has 1 aromatic heterocycles. The van der Waals surface area contributed by atoms with E-state index in [1.54, 1.807) is 20.8 Å². The molecule has 2 rings (SSSR count). The van der Waals surface area contributed by atoms with Crippen LogP contribution in [0.4, 0.5) is 5.82 Å². The molecule has 1 aromatic rings. The van der Waals surface area contributed by atoms with Crippen LogP contribution in [-0.4, -0.2) is 39.5 Å². The fourth-order valence-corrected chi connectivity index (χ4v) is 2.62. The minimum atomic E-state index is -0.600. The fraction of sp³-hybridized carbons (Fsp3) is 0.647. The van der Waals surface area contributed by atoms with E-state index >= 15 is 0 Å². The average molecular weight is 334 g/mol. The van der Waals surface area contributed by atoms with Gasteiger partial charge in [0.2, 0.25) is 5.91 Å². The lowest BCUT2D eigenvalue weighted by Gasteiger charge is -2.27. The number of aliphatic hydroxyl groups is 1. The maximum Gasteiger partial charge on any atom is 0.273 e. The molecule has 0 aliphatic heterocycles. The van der Waals surface area contributed by atoms with E-state index in [2.05, 4.69) is 20.6 Å². The van der Waals surface area contributed by atoms with Gasteiger partial charge in [-0.3, -0.25) is 9.59 Å². The van der Waals surface area contributed by atoms with E-state index in [0.717, 1.165) is 25.7 Å². The number of aliphatic hydroxyl groups excluding tert-OH is 1. The lowest BCUT2D eigenvalue weighted by Crippen LogP contribution is -2.37. The molecule has 7 nitrogen and oxygen atoms in total. The summed E-state index contributed by atoms with van der Waals surface area (Å²) >= 11 is 0. The van der Waals surface area contributed by atoms with Crippen LogP contribution in [-0.2, 0) is 4.79 Å². The van der Waals surface area contributed by atoms with Crippen LogP contribution in [0.15, 0.2) is 12.4 Å². The van der Waals surface area contributed by atoms with Crippen molar-refractivity contribution in [1.82, 2.24) is 15.3 Å². The van der Waals surface area contributed by atoms with Crippen LogP contribution in [0.1, 0.15) is 56.9 Å². The molecule has 1 heterocycles. The molecule has 2 atom stereocenters. The molecule has 1 saturated carbocycles. The first kappa shape index (κ1) is 18.3. The molecular weight excluding hydrogens is 308 g/mol. The van der Waals surface area contributed by atoms with Gasteiger partial charge in [0.1, 0.15) is 0 Å². The van der Waals surface area contributed by atoms with E-state index in [4.69, 9.17) is 0 Å². The zero-order valence-electron chi connectivity index (χ0n) is 14.5. The smallest absolute Gasteiger partial charge is 0.273 e. The third-order valence-electron chi connectivity index (χ3n) is 4.22. The minimum Gasteiger partial charge on any atom is -0.393 e. The highest BCUT2D eigenvalue weighted by Crippen LogP contribution is 2.24. The highest BCUT2D eigenvalue weighted by molar-refractivity contribution is 6.02. The van der Waals surface area contributed by atoms with Crippen LogP contribution < -0.4 is 10.6 Å². The fourth-order valence-electron chi connectivity index (χ4n) is 2.62. The Kier molecular flexibility index (Phi) is 5.88. The van der Waals surface area contributed by atoms with Crippen molar-refractivity contribution in [2.45, 2.75) is 52.6 Å². The monoisotopic (exact) mass is 334 g/mol. The van der Waals surface area contributed by atoms with Gasteiger partial charge in [-0.15, -0.1) is 0 Å². The van der Waals surface area contributed by atoms with Gasteiger partial charge in [0.15, 0.2) is 11.5 Å². The summed E-state index contributed by atoms with van der Waals surface area (Å²) in [6.07, 6.45) is 6.24. The van der Waals surface area contributed by atoms with Gasteiger partial charge in [-0.05, 0) is 12.8 Å². The summed E-state index contributed by atoms with van der Waals surface area (Å²) in [5.74, 6) is -0.420. The Morgan fingerprint density at radius 3 is 2.54 bits per heavy atom. The third kappa shape index (κ3) is 4.74. The van der Waals surface area contributed by atoms with Crippen LogP contribution in [0.5, 0.6) is 0 Å². The van der Waals surface area contributed by atoms with Crippen LogP contribution in [0.2, 0.25) is 0 Å². The van der Waals surface area contributed by atoms with Crippen molar-refractivity contribution in [2.75, 3.05) is 11.9 Å². The molecule has 132 valence electrons. The topological polar surface area (TPSA) is 104 Å². The SMILES string of the molecule is CC(C)(C)C(=O)Nc1nccnc1C(=O)NC[C@H]1CCCC[C@@H]1O. The van der Waals surface area contributed by atoms with Crippen molar-refractivity contribution in [2.24, 2.45) is 11.3 Å². The molecular formula is C17H26N4O3. The quantitative estimate of drug-likeness (QED) is 0.778. The third-order valence-corrected chi connectivity index (χ3v) is 4.22. The van der Waals surface area contributed by atoms with Gasteiger partial charge < -0.3 is 15.7 Å². The molecule has 0 spiro atoms. The molecule has 1 aliphatic rings. The summed E-state index contributed by atoms with van der Waals surface area (Å²) in [5, 5.41) is 15.4. The van der Waals surface area contributed by atoms with Crippen LogP contribution in [0.3, 0.4) is 0 Å². The molecule has 7 heteroatoms. The zero-order valence-corrected chi connectivity index (χ0v) is 14.5. The number of hydrogen-bond donors (Lipinski definition) is 3. The average Bonchev–Trinajstić information content (AvgIpc) is 2.53. The summed E-state index contributed by atoms with van der Waals surface area (Å²) in [6, 6.07) is 0. The standard InChI is InChI=1S/C17H26N4O3/c1-17(2,3)16(24)21-14-13(18-8-9-19-14)15(23)20-10-11-6-4-5-7-12(11)22/h8-9,11-12,22H,4-7,10H2,1-3H3,(H,20,23)(H,19,21,24)/t11-,12+/m1/s1. The molecule has 0 radical (unpaired) electrons. The largest absolute Gasteiger partial charge is 0.393 e. The number of amides is 2. The summed E-state index contributed by atoms with van der Waals surface area (Å²) in [5.41, 5.74) is -0.516. The number of nitrogens with zero attached hydrogens (tertiary/aromatic N) is 2. The molecule has 0 unspecified atom stereocenters. The Labute approximate surface area is 142 Å². The number of carbonyl (C=O) groups is 2. The Morgan fingerprint density at radius 1 is 1.21 bits per heavy atom. The number of rotatable bonds is 4. The number of aromatic nitrogens is 2. The van der Waals surface area contributed by atoms with Crippen molar-refractivity contribution in [3.05, 3.63) is 18.1 Å².